The molecule has 1 N–H and O–H groups in total. The van der Waals surface area contributed by atoms with Gasteiger partial charge in [-0.25, -0.2) is 4.98 Å². The highest BCUT2D eigenvalue weighted by Crippen LogP contribution is 2.22. The van der Waals surface area contributed by atoms with Crippen LogP contribution in [0.5, 0.6) is 5.88 Å². The highest BCUT2D eigenvalue weighted by atomic mass is 79.9. The van der Waals surface area contributed by atoms with Crippen molar-refractivity contribution in [3.05, 3.63) is 44.7 Å². The van der Waals surface area contributed by atoms with Crippen LogP contribution in [0.2, 0.25) is 0 Å². The second kappa shape index (κ2) is 7.03. The maximum atomic E-state index is 5.70. The highest BCUT2D eigenvalue weighted by molar-refractivity contribution is 9.11. The number of hydrogen-bond donors (Lipinski definition) is 1. The zero-order valence-corrected chi connectivity index (χ0v) is 13.4. The largest absolute Gasteiger partial charge is 0.475 e. The summed E-state index contributed by atoms with van der Waals surface area (Å²) in [6.07, 6.45) is 1.90. The number of thiophene rings is 1. The summed E-state index contributed by atoms with van der Waals surface area (Å²) in [4.78, 5) is 5.59. The highest BCUT2D eigenvalue weighted by Gasteiger charge is 2.06. The third-order valence-corrected chi connectivity index (χ3v) is 4.06. The van der Waals surface area contributed by atoms with Gasteiger partial charge in [-0.1, -0.05) is 6.07 Å². The van der Waals surface area contributed by atoms with Crippen molar-refractivity contribution in [2.24, 2.45) is 0 Å². The molecule has 0 unspecified atom stereocenters. The van der Waals surface area contributed by atoms with Crippen LogP contribution < -0.4 is 10.1 Å². The Hall–Kier alpha value is -0.910. The topological polar surface area (TPSA) is 34.1 Å². The lowest BCUT2D eigenvalue weighted by Crippen LogP contribution is -2.15. The Morgan fingerprint density at radius 2 is 2.16 bits per heavy atom. The van der Waals surface area contributed by atoms with Gasteiger partial charge in [0, 0.05) is 29.7 Å². The standard InChI is InChI=1S/C14H17BrN2OS/c1-10(2)18-14-11(4-3-7-17-14)8-16-9-12-5-6-13(15)19-12/h3-7,10,16H,8-9H2,1-2H3. The molecule has 102 valence electrons. The van der Waals surface area contributed by atoms with Crippen LogP contribution in [0.3, 0.4) is 0 Å². The van der Waals surface area contributed by atoms with Gasteiger partial charge in [-0.2, -0.15) is 0 Å². The molecular weight excluding hydrogens is 324 g/mol. The van der Waals surface area contributed by atoms with Crippen LogP contribution in [0.25, 0.3) is 0 Å². The Morgan fingerprint density at radius 1 is 1.32 bits per heavy atom. The predicted octanol–water partition coefficient (Wildman–Crippen LogP) is 3.98. The van der Waals surface area contributed by atoms with Crippen molar-refractivity contribution >= 4 is 27.3 Å². The number of ether oxygens (including phenoxy) is 1. The Bertz CT molecular complexity index is 528. The first-order valence-electron chi connectivity index (χ1n) is 6.20. The Balaban J connectivity index is 1.92. The molecule has 0 saturated heterocycles. The van der Waals surface area contributed by atoms with Crippen molar-refractivity contribution in [2.75, 3.05) is 0 Å². The number of hydrogen-bond acceptors (Lipinski definition) is 4. The number of nitrogens with one attached hydrogen (secondary N) is 1. The maximum Gasteiger partial charge on any atom is 0.218 e. The minimum Gasteiger partial charge on any atom is -0.475 e. The quantitative estimate of drug-likeness (QED) is 0.863. The van der Waals surface area contributed by atoms with Crippen molar-refractivity contribution < 1.29 is 4.74 Å². The van der Waals surface area contributed by atoms with Crippen LogP contribution in [-0.4, -0.2) is 11.1 Å². The van der Waals surface area contributed by atoms with Gasteiger partial charge in [0.15, 0.2) is 0 Å². The van der Waals surface area contributed by atoms with E-state index in [0.717, 1.165) is 28.3 Å². The van der Waals surface area contributed by atoms with Crippen molar-refractivity contribution in [1.82, 2.24) is 10.3 Å². The summed E-state index contributed by atoms with van der Waals surface area (Å²) in [6.45, 7) is 5.63. The lowest BCUT2D eigenvalue weighted by atomic mass is 10.2. The van der Waals surface area contributed by atoms with Gasteiger partial charge in [-0.3, -0.25) is 0 Å². The molecule has 0 saturated carbocycles. The van der Waals surface area contributed by atoms with E-state index in [4.69, 9.17) is 4.74 Å². The molecule has 19 heavy (non-hydrogen) atoms. The number of rotatable bonds is 6. The molecule has 0 aliphatic rings. The molecule has 0 atom stereocenters. The van der Waals surface area contributed by atoms with Gasteiger partial charge in [0.1, 0.15) is 0 Å². The summed E-state index contributed by atoms with van der Waals surface area (Å²) in [5.74, 6) is 0.720. The fraction of sp³-hybridized carbons (Fsp3) is 0.357. The third-order valence-electron chi connectivity index (χ3n) is 2.44. The Morgan fingerprint density at radius 3 is 2.84 bits per heavy atom. The summed E-state index contributed by atoms with van der Waals surface area (Å²) >= 11 is 5.21. The molecule has 0 spiro atoms. The zero-order valence-electron chi connectivity index (χ0n) is 11.0. The molecule has 5 heteroatoms. The van der Waals surface area contributed by atoms with Crippen molar-refractivity contribution in [2.45, 2.75) is 33.0 Å². The lowest BCUT2D eigenvalue weighted by molar-refractivity contribution is 0.229. The van der Waals surface area contributed by atoms with Crippen LogP contribution in [0.15, 0.2) is 34.2 Å². The molecule has 2 rings (SSSR count). The SMILES string of the molecule is CC(C)Oc1ncccc1CNCc1ccc(Br)s1. The van der Waals surface area contributed by atoms with Crippen molar-refractivity contribution in [3.8, 4) is 5.88 Å². The average molecular weight is 341 g/mol. The van der Waals surface area contributed by atoms with E-state index >= 15 is 0 Å². The van der Waals surface area contributed by atoms with Gasteiger partial charge < -0.3 is 10.1 Å². The number of nitrogens with zero attached hydrogens (tertiary/aromatic N) is 1. The van der Waals surface area contributed by atoms with Gasteiger partial charge in [-0.05, 0) is 48.0 Å². The van der Waals surface area contributed by atoms with E-state index in [2.05, 4.69) is 38.4 Å². The molecule has 0 radical (unpaired) electrons. The van der Waals surface area contributed by atoms with Crippen LogP contribution in [0.4, 0.5) is 0 Å². The van der Waals surface area contributed by atoms with E-state index < -0.39 is 0 Å². The molecule has 0 aliphatic carbocycles. The van der Waals surface area contributed by atoms with Crippen molar-refractivity contribution in [1.29, 1.82) is 0 Å². The van der Waals surface area contributed by atoms with E-state index in [9.17, 15) is 0 Å². The van der Waals surface area contributed by atoms with E-state index in [1.54, 1.807) is 17.5 Å². The first-order chi connectivity index (χ1) is 9.15. The molecule has 2 aromatic heterocycles. The summed E-state index contributed by atoms with van der Waals surface area (Å²) in [7, 11) is 0. The van der Waals surface area contributed by atoms with Crippen molar-refractivity contribution in [3.63, 3.8) is 0 Å². The van der Waals surface area contributed by atoms with Crippen LogP contribution >= 0.6 is 27.3 Å². The van der Waals surface area contributed by atoms with E-state index in [1.165, 1.54) is 4.88 Å². The maximum absolute atomic E-state index is 5.70. The molecule has 2 aromatic rings. The smallest absolute Gasteiger partial charge is 0.218 e. The second-order valence-electron chi connectivity index (χ2n) is 4.44. The molecule has 0 amide bonds. The van der Waals surface area contributed by atoms with E-state index in [1.807, 2.05) is 26.0 Å². The molecule has 0 aliphatic heterocycles. The van der Waals surface area contributed by atoms with Crippen LogP contribution in [-0.2, 0) is 13.1 Å². The zero-order chi connectivity index (χ0) is 13.7. The molecule has 0 fully saturated rings. The monoisotopic (exact) mass is 340 g/mol. The molecule has 2 heterocycles. The summed E-state index contributed by atoms with van der Waals surface area (Å²) in [5.41, 5.74) is 1.09. The summed E-state index contributed by atoms with van der Waals surface area (Å²) in [6, 6.07) is 8.17. The molecule has 3 nitrogen and oxygen atoms in total. The minimum atomic E-state index is 0.141. The first kappa shape index (κ1) is 14.5. The van der Waals surface area contributed by atoms with Gasteiger partial charge in [-0.15, -0.1) is 11.3 Å². The Labute approximate surface area is 126 Å². The van der Waals surface area contributed by atoms with Crippen LogP contribution in [0.1, 0.15) is 24.3 Å². The minimum absolute atomic E-state index is 0.141. The fourth-order valence-electron chi connectivity index (χ4n) is 1.66. The average Bonchev–Trinajstić information content (AvgIpc) is 2.77. The first-order valence-corrected chi connectivity index (χ1v) is 7.81. The van der Waals surface area contributed by atoms with E-state index in [-0.39, 0.29) is 6.10 Å². The van der Waals surface area contributed by atoms with E-state index in [0.29, 0.717) is 0 Å². The summed E-state index contributed by atoms with van der Waals surface area (Å²) < 4.78 is 6.86. The third kappa shape index (κ3) is 4.60. The van der Waals surface area contributed by atoms with Crippen LogP contribution in [0, 0.1) is 0 Å². The summed E-state index contributed by atoms with van der Waals surface area (Å²) in [5, 5.41) is 3.41. The van der Waals surface area contributed by atoms with Gasteiger partial charge in [0.25, 0.3) is 0 Å². The second-order valence-corrected chi connectivity index (χ2v) is 6.99. The molecule has 0 aromatic carbocycles. The van der Waals surface area contributed by atoms with Gasteiger partial charge in [0.05, 0.1) is 9.89 Å². The Kier molecular flexibility index (Phi) is 5.36. The fourth-order valence-corrected chi connectivity index (χ4v) is 3.11. The van der Waals surface area contributed by atoms with Gasteiger partial charge in [0.2, 0.25) is 5.88 Å². The number of pyridine rings is 1. The van der Waals surface area contributed by atoms with Gasteiger partial charge >= 0.3 is 0 Å². The lowest BCUT2D eigenvalue weighted by Gasteiger charge is -2.13. The molecule has 0 bridgehead atoms. The number of halogens is 1. The number of aromatic nitrogens is 1. The predicted molar refractivity (Wildman–Crippen MR) is 82.6 cm³/mol. The molecular formula is C14H17BrN2OS. The normalized spacial score (nSPS) is 10.9.